The van der Waals surface area contributed by atoms with Crippen LogP contribution in [0.4, 0.5) is 11.4 Å². The third-order valence-electron chi connectivity index (χ3n) is 5.26. The summed E-state index contributed by atoms with van der Waals surface area (Å²) in [6.07, 6.45) is 2.78. The smallest absolute Gasteiger partial charge is 0.306 e. The number of hydrogen-bond donors (Lipinski definition) is 2. The van der Waals surface area contributed by atoms with Crippen LogP contribution in [0.15, 0.2) is 54.7 Å². The molecule has 2 heterocycles. The van der Waals surface area contributed by atoms with E-state index in [1.807, 2.05) is 30.5 Å². The van der Waals surface area contributed by atoms with Crippen molar-refractivity contribution >= 4 is 40.1 Å². The van der Waals surface area contributed by atoms with Crippen molar-refractivity contribution in [3.05, 3.63) is 60.3 Å². The number of aryl methyl sites for hydroxylation is 1. The summed E-state index contributed by atoms with van der Waals surface area (Å²) in [5.41, 5.74) is 3.24. The number of aromatic nitrogens is 1. The fourth-order valence-corrected chi connectivity index (χ4v) is 3.83. The van der Waals surface area contributed by atoms with Crippen LogP contribution in [0.5, 0.6) is 0 Å². The Morgan fingerprint density at radius 3 is 2.77 bits per heavy atom. The second-order valence-electron chi connectivity index (χ2n) is 7.40. The Morgan fingerprint density at radius 2 is 1.90 bits per heavy atom. The van der Waals surface area contributed by atoms with E-state index in [1.54, 1.807) is 31.2 Å². The molecule has 1 aliphatic rings. The summed E-state index contributed by atoms with van der Waals surface area (Å²) in [5, 5.41) is 3.89. The molecule has 30 heavy (non-hydrogen) atoms. The second kappa shape index (κ2) is 8.41. The standard InChI is InChI=1S/C23H23N3O4/c1-15-12-21(27)25-19-8-4-5-9-20(19)26(15)22(28)14-30-23(29)11-10-16-13-24-18-7-3-2-6-17(16)18/h2-9,13,15,24H,10-12,14H2,1H3,(H,25,27). The lowest BCUT2D eigenvalue weighted by Gasteiger charge is -2.27. The molecule has 1 aromatic heterocycles. The van der Waals surface area contributed by atoms with Crippen molar-refractivity contribution < 1.29 is 19.1 Å². The zero-order chi connectivity index (χ0) is 21.1. The molecule has 2 aromatic carbocycles. The van der Waals surface area contributed by atoms with Gasteiger partial charge in [-0.25, -0.2) is 0 Å². The first-order valence-electron chi connectivity index (χ1n) is 9.94. The van der Waals surface area contributed by atoms with E-state index < -0.39 is 5.97 Å². The molecule has 0 aliphatic carbocycles. The van der Waals surface area contributed by atoms with Crippen molar-refractivity contribution in [2.75, 3.05) is 16.8 Å². The Morgan fingerprint density at radius 1 is 1.13 bits per heavy atom. The molecule has 154 valence electrons. The summed E-state index contributed by atoms with van der Waals surface area (Å²) in [4.78, 5) is 41.8. The summed E-state index contributed by atoms with van der Waals surface area (Å²) in [5.74, 6) is -0.938. The highest BCUT2D eigenvalue weighted by Crippen LogP contribution is 2.31. The van der Waals surface area contributed by atoms with E-state index in [0.717, 1.165) is 16.5 Å². The third-order valence-corrected chi connectivity index (χ3v) is 5.26. The quantitative estimate of drug-likeness (QED) is 0.637. The summed E-state index contributed by atoms with van der Waals surface area (Å²) in [6.45, 7) is 1.44. The van der Waals surface area contributed by atoms with Gasteiger partial charge >= 0.3 is 5.97 Å². The lowest BCUT2D eigenvalue weighted by atomic mass is 10.1. The van der Waals surface area contributed by atoms with Crippen LogP contribution in [-0.4, -0.2) is 35.4 Å². The first-order valence-corrected chi connectivity index (χ1v) is 9.94. The van der Waals surface area contributed by atoms with Crippen LogP contribution in [0.3, 0.4) is 0 Å². The number of H-pyrrole nitrogens is 1. The van der Waals surface area contributed by atoms with Gasteiger partial charge in [0.1, 0.15) is 0 Å². The minimum atomic E-state index is -0.432. The number of nitrogens with one attached hydrogen (secondary N) is 2. The highest BCUT2D eigenvalue weighted by Gasteiger charge is 2.30. The summed E-state index contributed by atoms with van der Waals surface area (Å²) < 4.78 is 5.25. The normalized spacial score (nSPS) is 16.0. The molecule has 3 aromatic rings. The molecule has 2 N–H and O–H groups in total. The van der Waals surface area contributed by atoms with Gasteiger partial charge in [-0.2, -0.15) is 0 Å². The minimum absolute atomic E-state index is 0.152. The average molecular weight is 405 g/mol. The van der Waals surface area contributed by atoms with Crippen LogP contribution in [0.25, 0.3) is 10.9 Å². The Hall–Kier alpha value is -3.61. The maximum atomic E-state index is 12.8. The molecule has 0 saturated heterocycles. The first kappa shape index (κ1) is 19.7. The number of para-hydroxylation sites is 3. The van der Waals surface area contributed by atoms with E-state index in [9.17, 15) is 14.4 Å². The van der Waals surface area contributed by atoms with E-state index in [-0.39, 0.29) is 37.3 Å². The number of rotatable bonds is 5. The summed E-state index contributed by atoms with van der Waals surface area (Å²) >= 11 is 0. The Bertz CT molecular complexity index is 1100. The fourth-order valence-electron chi connectivity index (χ4n) is 3.83. The molecule has 0 spiro atoms. The Labute approximate surface area is 174 Å². The van der Waals surface area contributed by atoms with Crippen LogP contribution >= 0.6 is 0 Å². The van der Waals surface area contributed by atoms with E-state index in [0.29, 0.717) is 17.8 Å². The number of anilines is 2. The molecule has 0 saturated carbocycles. The number of esters is 1. The monoisotopic (exact) mass is 405 g/mol. The first-order chi connectivity index (χ1) is 14.5. The number of nitrogens with zero attached hydrogens (tertiary/aromatic N) is 1. The van der Waals surface area contributed by atoms with Crippen LogP contribution in [0.2, 0.25) is 0 Å². The van der Waals surface area contributed by atoms with Gasteiger partial charge in [-0.05, 0) is 37.1 Å². The van der Waals surface area contributed by atoms with E-state index in [1.165, 1.54) is 4.90 Å². The molecule has 4 rings (SSSR count). The molecule has 1 atom stereocenters. The molecular formula is C23H23N3O4. The highest BCUT2D eigenvalue weighted by atomic mass is 16.5. The molecule has 2 amide bonds. The molecule has 7 nitrogen and oxygen atoms in total. The maximum absolute atomic E-state index is 12.8. The van der Waals surface area contributed by atoms with Crippen LogP contribution in [0.1, 0.15) is 25.3 Å². The van der Waals surface area contributed by atoms with Gasteiger partial charge in [0, 0.05) is 36.0 Å². The van der Waals surface area contributed by atoms with Gasteiger partial charge in [-0.1, -0.05) is 30.3 Å². The van der Waals surface area contributed by atoms with Gasteiger partial charge in [0.25, 0.3) is 5.91 Å². The summed E-state index contributed by atoms with van der Waals surface area (Å²) in [6, 6.07) is 14.7. The molecule has 7 heteroatoms. The van der Waals surface area contributed by atoms with Gasteiger partial charge in [0.15, 0.2) is 6.61 Å². The fraction of sp³-hybridized carbons (Fsp3) is 0.261. The topological polar surface area (TPSA) is 91.5 Å². The number of benzene rings is 2. The van der Waals surface area contributed by atoms with Crippen LogP contribution in [-0.2, 0) is 25.5 Å². The number of amides is 2. The number of hydrogen-bond acceptors (Lipinski definition) is 4. The molecule has 1 unspecified atom stereocenters. The van der Waals surface area contributed by atoms with Crippen LogP contribution < -0.4 is 10.2 Å². The summed E-state index contributed by atoms with van der Waals surface area (Å²) in [7, 11) is 0. The van der Waals surface area contributed by atoms with Gasteiger partial charge < -0.3 is 19.9 Å². The predicted octanol–water partition coefficient (Wildman–Crippen LogP) is 3.41. The van der Waals surface area contributed by atoms with Crippen molar-refractivity contribution in [2.24, 2.45) is 0 Å². The number of carbonyl (C=O) groups is 3. The second-order valence-corrected chi connectivity index (χ2v) is 7.40. The average Bonchev–Trinajstić information content (AvgIpc) is 3.09. The molecule has 0 radical (unpaired) electrons. The highest BCUT2D eigenvalue weighted by molar-refractivity contribution is 6.05. The Kier molecular flexibility index (Phi) is 5.52. The predicted molar refractivity (Wildman–Crippen MR) is 114 cm³/mol. The lowest BCUT2D eigenvalue weighted by molar-refractivity contribution is -0.148. The van der Waals surface area contributed by atoms with Gasteiger partial charge in [-0.3, -0.25) is 14.4 Å². The molecule has 0 fully saturated rings. The van der Waals surface area contributed by atoms with Crippen molar-refractivity contribution in [3.8, 4) is 0 Å². The SMILES string of the molecule is CC1CC(=O)Nc2ccccc2N1C(=O)COC(=O)CCc1c[nH]c2ccccc12. The third kappa shape index (κ3) is 4.05. The molecule has 1 aliphatic heterocycles. The zero-order valence-corrected chi connectivity index (χ0v) is 16.7. The van der Waals surface area contributed by atoms with Gasteiger partial charge in [-0.15, -0.1) is 0 Å². The van der Waals surface area contributed by atoms with E-state index >= 15 is 0 Å². The van der Waals surface area contributed by atoms with Crippen molar-refractivity contribution in [1.29, 1.82) is 0 Å². The number of ether oxygens (including phenoxy) is 1. The number of carbonyl (C=O) groups excluding carboxylic acids is 3. The largest absolute Gasteiger partial charge is 0.456 e. The zero-order valence-electron chi connectivity index (χ0n) is 16.7. The van der Waals surface area contributed by atoms with E-state index in [4.69, 9.17) is 4.74 Å². The van der Waals surface area contributed by atoms with Crippen molar-refractivity contribution in [1.82, 2.24) is 4.98 Å². The van der Waals surface area contributed by atoms with Crippen molar-refractivity contribution in [2.45, 2.75) is 32.2 Å². The van der Waals surface area contributed by atoms with E-state index in [2.05, 4.69) is 10.3 Å². The lowest BCUT2D eigenvalue weighted by Crippen LogP contribution is -2.41. The van der Waals surface area contributed by atoms with Crippen molar-refractivity contribution in [3.63, 3.8) is 0 Å². The van der Waals surface area contributed by atoms with Gasteiger partial charge in [0.2, 0.25) is 5.91 Å². The Balaban J connectivity index is 1.38. The molecule has 0 bridgehead atoms. The van der Waals surface area contributed by atoms with Crippen LogP contribution in [0, 0.1) is 0 Å². The number of fused-ring (bicyclic) bond motifs is 2. The van der Waals surface area contributed by atoms with Gasteiger partial charge in [0.05, 0.1) is 11.4 Å². The molecular weight excluding hydrogens is 382 g/mol. The maximum Gasteiger partial charge on any atom is 0.306 e. The minimum Gasteiger partial charge on any atom is -0.456 e. The number of aromatic amines is 1.